The number of carbonyl (C=O) groups is 2. The van der Waals surface area contributed by atoms with E-state index in [1.54, 1.807) is 36.8 Å². The molecule has 0 aliphatic carbocycles. The van der Waals surface area contributed by atoms with Gasteiger partial charge in [0.15, 0.2) is 11.3 Å². The first-order chi connectivity index (χ1) is 22.2. The van der Waals surface area contributed by atoms with Crippen molar-refractivity contribution < 1.29 is 19.1 Å². The molecule has 6 aromatic rings. The van der Waals surface area contributed by atoms with Crippen molar-refractivity contribution in [3.8, 4) is 22.5 Å². The van der Waals surface area contributed by atoms with Gasteiger partial charge in [0.1, 0.15) is 24.6 Å². The van der Waals surface area contributed by atoms with Crippen LogP contribution in [0, 0.1) is 6.92 Å². The summed E-state index contributed by atoms with van der Waals surface area (Å²) in [5.74, 6) is -1.22. The summed E-state index contributed by atoms with van der Waals surface area (Å²) in [7, 11) is 0. The molecule has 1 fully saturated rings. The number of amides is 2. The highest BCUT2D eigenvalue weighted by Crippen LogP contribution is 2.30. The molecule has 232 valence electrons. The van der Waals surface area contributed by atoms with Gasteiger partial charge in [0.2, 0.25) is 5.91 Å². The highest BCUT2D eigenvalue weighted by atomic mass is 19.1. The number of hydrogen-bond acceptors (Lipinski definition) is 9. The number of nitrogens with one attached hydrogen (secondary N) is 1. The zero-order valence-electron chi connectivity index (χ0n) is 24.7. The number of primary amides is 1. The van der Waals surface area contributed by atoms with E-state index in [4.69, 9.17) is 10.7 Å². The number of anilines is 1. The third kappa shape index (κ3) is 5.38. The molecule has 46 heavy (non-hydrogen) atoms. The maximum Gasteiger partial charge on any atom is 0.269 e. The summed E-state index contributed by atoms with van der Waals surface area (Å²) in [5.41, 5.74) is 11.0. The van der Waals surface area contributed by atoms with E-state index in [2.05, 4.69) is 25.6 Å². The number of aliphatic hydroxyl groups is 1. The van der Waals surface area contributed by atoms with Crippen molar-refractivity contribution in [3.05, 3.63) is 90.8 Å². The van der Waals surface area contributed by atoms with Gasteiger partial charge in [0.05, 0.1) is 41.9 Å². The van der Waals surface area contributed by atoms with Gasteiger partial charge >= 0.3 is 0 Å². The van der Waals surface area contributed by atoms with Gasteiger partial charge in [-0.1, -0.05) is 12.1 Å². The molecule has 2 amide bonds. The molecule has 3 unspecified atom stereocenters. The third-order valence-corrected chi connectivity index (χ3v) is 8.08. The summed E-state index contributed by atoms with van der Waals surface area (Å²) >= 11 is 0. The third-order valence-electron chi connectivity index (χ3n) is 8.08. The minimum atomic E-state index is -1.34. The second-order valence-corrected chi connectivity index (χ2v) is 11.3. The molecule has 6 heterocycles. The predicted octanol–water partition coefficient (Wildman–Crippen LogP) is 2.98. The highest BCUT2D eigenvalue weighted by Gasteiger charge is 2.40. The summed E-state index contributed by atoms with van der Waals surface area (Å²) in [5, 5.41) is 26.9. The fraction of sp³-hybridized carbons (Fsp3) is 0.219. The number of benzene rings is 1. The standard InChI is InChI=1S/C32H29FN10O3/c1-18-10-24(31-38-25(16-41(31)14-18)23-4-2-3-8-35-23)39-32(46)27-12-21(33)15-42(27)28(44)17-43-26-6-5-19(20-7-9-36-37-13-20)11-22(26)29(40-43)30(34)45/h2-11,13-14,16,21,27,32,39,46H,12,15,17H2,1H3,(H2,34,45). The number of pyridine rings is 2. The Balaban J connectivity index is 1.15. The molecule has 14 heteroatoms. The number of alkyl halides is 1. The molecular formula is C32H29FN10O3. The second-order valence-electron chi connectivity index (χ2n) is 11.3. The number of aliphatic hydroxyl groups excluding tert-OH is 1. The van der Waals surface area contributed by atoms with E-state index in [1.165, 1.54) is 9.58 Å². The van der Waals surface area contributed by atoms with E-state index >= 15 is 0 Å². The SMILES string of the molecule is Cc1cc(NC(O)C2CC(F)CN2C(=O)Cn2nc(C(N)=O)c3cc(-c4ccnnc4)ccc32)c2nc(-c3ccccn3)cn2c1. The number of likely N-dealkylation sites (tertiary alicyclic amines) is 1. The van der Waals surface area contributed by atoms with Gasteiger partial charge < -0.3 is 25.5 Å². The minimum Gasteiger partial charge on any atom is -0.372 e. The molecule has 1 saturated heterocycles. The van der Waals surface area contributed by atoms with Crippen molar-refractivity contribution >= 4 is 34.1 Å². The summed E-state index contributed by atoms with van der Waals surface area (Å²) in [6, 6.07) is 13.6. The van der Waals surface area contributed by atoms with E-state index in [1.807, 2.05) is 54.0 Å². The van der Waals surface area contributed by atoms with Crippen molar-refractivity contribution in [2.45, 2.75) is 38.3 Å². The number of halogens is 1. The highest BCUT2D eigenvalue weighted by molar-refractivity contribution is 6.05. The molecule has 1 aliphatic heterocycles. The lowest BCUT2D eigenvalue weighted by atomic mass is 10.0. The van der Waals surface area contributed by atoms with Gasteiger partial charge in [-0.3, -0.25) is 19.3 Å². The number of rotatable bonds is 8. The summed E-state index contributed by atoms with van der Waals surface area (Å²) < 4.78 is 18.1. The van der Waals surface area contributed by atoms with Gasteiger partial charge in [-0.05, 0) is 54.4 Å². The molecule has 3 atom stereocenters. The van der Waals surface area contributed by atoms with Crippen molar-refractivity contribution in [3.63, 3.8) is 0 Å². The largest absolute Gasteiger partial charge is 0.372 e. The Morgan fingerprint density at radius 1 is 1.09 bits per heavy atom. The van der Waals surface area contributed by atoms with E-state index < -0.39 is 30.3 Å². The number of imidazole rings is 1. The molecule has 0 radical (unpaired) electrons. The Bertz CT molecular complexity index is 2080. The van der Waals surface area contributed by atoms with Crippen molar-refractivity contribution in [2.75, 3.05) is 11.9 Å². The Labute approximate surface area is 261 Å². The zero-order valence-corrected chi connectivity index (χ0v) is 24.7. The Hall–Kier alpha value is -5.76. The Morgan fingerprint density at radius 3 is 2.72 bits per heavy atom. The monoisotopic (exact) mass is 620 g/mol. The number of aromatic nitrogens is 7. The quantitative estimate of drug-likeness (QED) is 0.217. The van der Waals surface area contributed by atoms with Crippen LogP contribution in [-0.4, -0.2) is 81.2 Å². The summed E-state index contributed by atoms with van der Waals surface area (Å²) in [4.78, 5) is 36.4. The van der Waals surface area contributed by atoms with Crippen LogP contribution in [-0.2, 0) is 11.3 Å². The second kappa shape index (κ2) is 11.6. The molecule has 1 aromatic carbocycles. The topological polar surface area (TPSA) is 169 Å². The molecule has 0 spiro atoms. The fourth-order valence-electron chi connectivity index (χ4n) is 5.98. The maximum absolute atomic E-state index is 14.8. The van der Waals surface area contributed by atoms with Gasteiger partial charge in [-0.25, -0.2) is 9.37 Å². The van der Waals surface area contributed by atoms with Crippen molar-refractivity contribution in [1.29, 1.82) is 0 Å². The van der Waals surface area contributed by atoms with Crippen LogP contribution in [0.25, 0.3) is 39.1 Å². The summed E-state index contributed by atoms with van der Waals surface area (Å²) in [6.07, 6.45) is 5.87. The van der Waals surface area contributed by atoms with Crippen LogP contribution >= 0.6 is 0 Å². The molecule has 5 aromatic heterocycles. The number of carbonyl (C=O) groups excluding carboxylic acids is 2. The van der Waals surface area contributed by atoms with Crippen LogP contribution in [0.15, 0.2) is 79.5 Å². The lowest BCUT2D eigenvalue weighted by Crippen LogP contribution is -2.47. The van der Waals surface area contributed by atoms with Crippen LogP contribution < -0.4 is 11.1 Å². The first-order valence-electron chi connectivity index (χ1n) is 14.6. The van der Waals surface area contributed by atoms with Crippen LogP contribution in [0.4, 0.5) is 10.1 Å². The van der Waals surface area contributed by atoms with E-state index in [0.717, 1.165) is 16.7 Å². The van der Waals surface area contributed by atoms with Gasteiger partial charge in [0.25, 0.3) is 5.91 Å². The molecule has 13 nitrogen and oxygen atoms in total. The molecular weight excluding hydrogens is 591 g/mol. The van der Waals surface area contributed by atoms with Crippen LogP contribution in [0.2, 0.25) is 0 Å². The van der Waals surface area contributed by atoms with E-state index in [-0.39, 0.29) is 25.2 Å². The van der Waals surface area contributed by atoms with Gasteiger partial charge in [0, 0.05) is 36.0 Å². The van der Waals surface area contributed by atoms with Gasteiger partial charge in [-0.15, -0.1) is 0 Å². The van der Waals surface area contributed by atoms with Crippen molar-refractivity contribution in [1.82, 2.24) is 39.2 Å². The molecule has 4 N–H and O–H groups in total. The van der Waals surface area contributed by atoms with Crippen LogP contribution in [0.5, 0.6) is 0 Å². The average Bonchev–Trinajstić information content (AvgIpc) is 3.77. The smallest absolute Gasteiger partial charge is 0.269 e. The average molecular weight is 621 g/mol. The number of aryl methyl sites for hydroxylation is 1. The Kier molecular flexibility index (Phi) is 7.33. The number of nitrogens with two attached hydrogens (primary N) is 1. The Morgan fingerprint density at radius 2 is 1.96 bits per heavy atom. The fourth-order valence-corrected chi connectivity index (χ4v) is 5.98. The van der Waals surface area contributed by atoms with E-state index in [9.17, 15) is 19.1 Å². The first kappa shape index (κ1) is 29.0. The molecule has 0 bridgehead atoms. The maximum atomic E-state index is 14.8. The van der Waals surface area contributed by atoms with Gasteiger partial charge in [-0.2, -0.15) is 15.3 Å². The lowest BCUT2D eigenvalue weighted by molar-refractivity contribution is -0.134. The summed E-state index contributed by atoms with van der Waals surface area (Å²) in [6.45, 7) is 1.42. The zero-order chi connectivity index (χ0) is 31.9. The predicted molar refractivity (Wildman–Crippen MR) is 167 cm³/mol. The molecule has 1 aliphatic rings. The van der Waals surface area contributed by atoms with E-state index in [0.29, 0.717) is 33.6 Å². The normalized spacial score (nSPS) is 17.1. The van der Waals surface area contributed by atoms with Crippen LogP contribution in [0.1, 0.15) is 22.5 Å². The minimum absolute atomic E-state index is 0.00272. The lowest BCUT2D eigenvalue weighted by Gasteiger charge is -2.29. The number of hydrogen-bond donors (Lipinski definition) is 3. The van der Waals surface area contributed by atoms with Crippen LogP contribution in [0.3, 0.4) is 0 Å². The number of nitrogens with zero attached hydrogens (tertiary/aromatic N) is 8. The molecule has 0 saturated carbocycles. The first-order valence-corrected chi connectivity index (χ1v) is 14.6. The molecule has 7 rings (SSSR count). The number of fused-ring (bicyclic) bond motifs is 2. The van der Waals surface area contributed by atoms with Crippen molar-refractivity contribution in [2.24, 2.45) is 5.73 Å².